The highest BCUT2D eigenvalue weighted by atomic mass is 35.5. The van der Waals surface area contributed by atoms with Crippen LogP contribution in [0, 0.1) is 5.82 Å². The van der Waals surface area contributed by atoms with E-state index in [1.54, 1.807) is 35.7 Å². The third kappa shape index (κ3) is 5.26. The number of rotatable bonds is 7. The number of amides is 1. The lowest BCUT2D eigenvalue weighted by molar-refractivity contribution is -0.120. The fourth-order valence-electron chi connectivity index (χ4n) is 4.10. The summed E-state index contributed by atoms with van der Waals surface area (Å²) >= 11 is 7.45. The van der Waals surface area contributed by atoms with Crippen LogP contribution in [0.1, 0.15) is 16.7 Å². The molecule has 0 bridgehead atoms. The molecule has 0 aliphatic carbocycles. The summed E-state index contributed by atoms with van der Waals surface area (Å²) in [6.45, 7) is 0.511. The molecule has 2 heterocycles. The quantitative estimate of drug-likeness (QED) is 0.323. The van der Waals surface area contributed by atoms with Gasteiger partial charge in [-0.15, -0.1) is 11.3 Å². The Bertz CT molecular complexity index is 1710. The highest BCUT2D eigenvalue weighted by Crippen LogP contribution is 2.22. The van der Waals surface area contributed by atoms with E-state index in [0.717, 1.165) is 15.7 Å². The number of nitrogens with one attached hydrogen (secondary N) is 1. The number of thiophene rings is 1. The molecule has 1 N–H and O–H groups in total. The van der Waals surface area contributed by atoms with Crippen LogP contribution in [0.15, 0.2) is 93.8 Å². The molecule has 0 fully saturated rings. The molecule has 3 aromatic carbocycles. The second kappa shape index (κ2) is 10.5. The topological polar surface area (TPSA) is 73.1 Å². The first-order valence-corrected chi connectivity index (χ1v) is 12.7. The number of carbonyl (C=O) groups is 1. The Morgan fingerprint density at radius 1 is 0.946 bits per heavy atom. The first-order chi connectivity index (χ1) is 17.9. The number of nitrogens with zero attached hydrogens (tertiary/aromatic N) is 2. The van der Waals surface area contributed by atoms with Gasteiger partial charge in [0, 0.05) is 11.6 Å². The zero-order valence-electron chi connectivity index (χ0n) is 19.5. The van der Waals surface area contributed by atoms with Gasteiger partial charge in [0.2, 0.25) is 5.91 Å². The minimum atomic E-state index is -0.537. The highest BCUT2D eigenvalue weighted by Gasteiger charge is 2.17. The zero-order chi connectivity index (χ0) is 25.9. The molecule has 0 saturated heterocycles. The van der Waals surface area contributed by atoms with E-state index in [1.165, 1.54) is 34.1 Å². The van der Waals surface area contributed by atoms with E-state index in [0.29, 0.717) is 28.0 Å². The summed E-state index contributed by atoms with van der Waals surface area (Å²) in [6, 6.07) is 22.1. The number of hydrogen-bond donors (Lipinski definition) is 1. The molecule has 9 heteroatoms. The van der Waals surface area contributed by atoms with Crippen molar-refractivity contribution in [3.63, 3.8) is 0 Å². The maximum absolute atomic E-state index is 13.5. The molecule has 0 saturated carbocycles. The van der Waals surface area contributed by atoms with Gasteiger partial charge in [0.15, 0.2) is 0 Å². The van der Waals surface area contributed by atoms with Crippen molar-refractivity contribution in [2.75, 3.05) is 0 Å². The van der Waals surface area contributed by atoms with E-state index in [-0.39, 0.29) is 23.9 Å². The SMILES string of the molecule is O=C(Cc1ccc(-n2c(=O)c3sccc3n(Cc3ccc(F)cc3Cl)c2=O)cc1)NCc1ccccc1. The smallest absolute Gasteiger partial charge is 0.336 e. The van der Waals surface area contributed by atoms with Crippen LogP contribution in [0.2, 0.25) is 5.02 Å². The lowest BCUT2D eigenvalue weighted by atomic mass is 10.1. The monoisotopic (exact) mass is 533 g/mol. The number of hydrogen-bond acceptors (Lipinski definition) is 4. The molecule has 6 nitrogen and oxygen atoms in total. The molecule has 1 amide bonds. The number of carbonyl (C=O) groups excluding carboxylic acids is 1. The van der Waals surface area contributed by atoms with Crippen molar-refractivity contribution < 1.29 is 9.18 Å². The van der Waals surface area contributed by atoms with Gasteiger partial charge in [-0.3, -0.25) is 14.2 Å². The van der Waals surface area contributed by atoms with E-state index in [2.05, 4.69) is 5.32 Å². The number of halogens is 2. The number of fused-ring (bicyclic) bond motifs is 1. The van der Waals surface area contributed by atoms with Crippen molar-refractivity contribution in [1.82, 2.24) is 14.5 Å². The molecule has 2 aromatic heterocycles. The van der Waals surface area contributed by atoms with E-state index in [4.69, 9.17) is 11.6 Å². The average molecular weight is 534 g/mol. The van der Waals surface area contributed by atoms with Gasteiger partial charge >= 0.3 is 5.69 Å². The summed E-state index contributed by atoms with van der Waals surface area (Å²) in [5.74, 6) is -0.604. The maximum Gasteiger partial charge on any atom is 0.336 e. The fourth-order valence-corrected chi connectivity index (χ4v) is 5.15. The van der Waals surface area contributed by atoms with Crippen LogP contribution in [0.5, 0.6) is 0 Å². The van der Waals surface area contributed by atoms with Crippen molar-refractivity contribution in [1.29, 1.82) is 0 Å². The second-order valence-corrected chi connectivity index (χ2v) is 9.81. The normalized spacial score (nSPS) is 11.1. The number of benzene rings is 3. The third-order valence-corrected chi connectivity index (χ3v) is 7.23. The Morgan fingerprint density at radius 3 is 2.43 bits per heavy atom. The Labute approximate surface area is 220 Å². The van der Waals surface area contributed by atoms with Crippen LogP contribution in [0.4, 0.5) is 4.39 Å². The summed E-state index contributed by atoms with van der Waals surface area (Å²) in [5.41, 5.74) is 2.22. The second-order valence-electron chi connectivity index (χ2n) is 8.49. The molecule has 186 valence electrons. The van der Waals surface area contributed by atoms with Crippen molar-refractivity contribution in [2.24, 2.45) is 0 Å². The van der Waals surface area contributed by atoms with Crippen molar-refractivity contribution in [3.8, 4) is 5.69 Å². The van der Waals surface area contributed by atoms with Gasteiger partial charge in [-0.25, -0.2) is 13.8 Å². The van der Waals surface area contributed by atoms with Crippen molar-refractivity contribution in [3.05, 3.63) is 133 Å². The Balaban J connectivity index is 1.42. The van der Waals surface area contributed by atoms with E-state index >= 15 is 0 Å². The number of aromatic nitrogens is 2. The summed E-state index contributed by atoms with van der Waals surface area (Å²) < 4.78 is 16.5. The molecule has 37 heavy (non-hydrogen) atoms. The first kappa shape index (κ1) is 24.7. The summed E-state index contributed by atoms with van der Waals surface area (Å²) in [6.07, 6.45) is 0.166. The molecule has 0 radical (unpaired) electrons. The van der Waals surface area contributed by atoms with Crippen LogP contribution in [0.25, 0.3) is 15.9 Å². The average Bonchev–Trinajstić information content (AvgIpc) is 3.38. The minimum absolute atomic E-state index is 0.0745. The van der Waals surface area contributed by atoms with Crippen LogP contribution >= 0.6 is 22.9 Å². The molecule has 0 spiro atoms. The Hall–Kier alpha value is -4.01. The van der Waals surface area contributed by atoms with E-state index in [1.807, 2.05) is 30.3 Å². The van der Waals surface area contributed by atoms with Gasteiger partial charge in [-0.2, -0.15) is 0 Å². The minimum Gasteiger partial charge on any atom is -0.352 e. The molecule has 0 unspecified atom stereocenters. The predicted octanol–water partition coefficient (Wildman–Crippen LogP) is 4.91. The molecular formula is C28H21ClFN3O3S. The van der Waals surface area contributed by atoms with E-state index < -0.39 is 17.1 Å². The van der Waals surface area contributed by atoms with Crippen LogP contribution in [0.3, 0.4) is 0 Å². The Kier molecular flexibility index (Phi) is 7.03. The maximum atomic E-state index is 13.5. The summed E-state index contributed by atoms with van der Waals surface area (Å²) in [7, 11) is 0. The molecule has 0 aliphatic rings. The summed E-state index contributed by atoms with van der Waals surface area (Å²) in [5, 5.41) is 4.83. The lowest BCUT2D eigenvalue weighted by Gasteiger charge is -2.13. The zero-order valence-corrected chi connectivity index (χ0v) is 21.1. The van der Waals surface area contributed by atoms with Gasteiger partial charge in [0.25, 0.3) is 5.56 Å². The lowest BCUT2D eigenvalue weighted by Crippen LogP contribution is -2.38. The summed E-state index contributed by atoms with van der Waals surface area (Å²) in [4.78, 5) is 39.1. The first-order valence-electron chi connectivity index (χ1n) is 11.5. The molecule has 5 rings (SSSR count). The third-order valence-electron chi connectivity index (χ3n) is 5.99. The van der Waals surface area contributed by atoms with Crippen LogP contribution in [-0.2, 0) is 24.3 Å². The van der Waals surface area contributed by atoms with Gasteiger partial charge in [0.05, 0.1) is 24.2 Å². The van der Waals surface area contributed by atoms with Gasteiger partial charge in [-0.05, 0) is 52.4 Å². The fraction of sp³-hybridized carbons (Fsp3) is 0.107. The molecule has 0 atom stereocenters. The predicted molar refractivity (Wildman–Crippen MR) is 144 cm³/mol. The molecular weight excluding hydrogens is 513 g/mol. The van der Waals surface area contributed by atoms with Gasteiger partial charge < -0.3 is 5.32 Å². The largest absolute Gasteiger partial charge is 0.352 e. The van der Waals surface area contributed by atoms with Crippen molar-refractivity contribution in [2.45, 2.75) is 19.5 Å². The van der Waals surface area contributed by atoms with Crippen molar-refractivity contribution >= 4 is 39.1 Å². The molecule has 0 aliphatic heterocycles. The van der Waals surface area contributed by atoms with E-state index in [9.17, 15) is 18.8 Å². The van der Waals surface area contributed by atoms with Gasteiger partial charge in [0.1, 0.15) is 10.5 Å². The molecule has 5 aromatic rings. The van der Waals surface area contributed by atoms with Gasteiger partial charge in [-0.1, -0.05) is 60.1 Å². The standard InChI is InChI=1S/C28H21ClFN3O3S/c29-23-15-21(30)9-8-20(23)17-32-24-12-13-37-26(24)27(35)33(28(32)36)22-10-6-18(7-11-22)14-25(34)31-16-19-4-2-1-3-5-19/h1-13,15H,14,16-17H2,(H,31,34). The highest BCUT2D eigenvalue weighted by molar-refractivity contribution is 7.17. The van der Waals surface area contributed by atoms with Crippen LogP contribution < -0.4 is 16.6 Å². The van der Waals surface area contributed by atoms with Crippen LogP contribution in [-0.4, -0.2) is 15.0 Å². The Morgan fingerprint density at radius 2 is 1.70 bits per heavy atom.